The van der Waals surface area contributed by atoms with Crippen LogP contribution in [-0.4, -0.2) is 74.5 Å². The van der Waals surface area contributed by atoms with Gasteiger partial charge in [0.2, 0.25) is 0 Å². The fraction of sp³-hybridized carbons (Fsp3) is 0. The van der Waals surface area contributed by atoms with Crippen LogP contribution in [0.25, 0.3) is 0 Å². The molecule has 0 radical (unpaired) electrons. The Bertz CT molecular complexity index is 81.0. The summed E-state index contributed by atoms with van der Waals surface area (Å²) in [5, 5.41) is 14.8. The molecule has 0 aliphatic rings. The SMILES string of the molecule is O.O=C(O)C(=O)O.[AlH3].[NaH]. The molecule has 7 heteroatoms. The van der Waals surface area contributed by atoms with Gasteiger partial charge in [0.25, 0.3) is 0 Å². The van der Waals surface area contributed by atoms with Gasteiger partial charge in [-0.2, -0.15) is 0 Å². The van der Waals surface area contributed by atoms with Crippen molar-refractivity contribution in [3.8, 4) is 0 Å². The quantitative estimate of drug-likeness (QED) is 0.284. The van der Waals surface area contributed by atoms with E-state index < -0.39 is 11.9 Å². The zero-order chi connectivity index (χ0) is 5.15. The number of rotatable bonds is 0. The molecule has 9 heavy (non-hydrogen) atoms. The van der Waals surface area contributed by atoms with Crippen LogP contribution in [0.2, 0.25) is 0 Å². The van der Waals surface area contributed by atoms with Gasteiger partial charge in [-0.25, -0.2) is 9.59 Å². The van der Waals surface area contributed by atoms with Crippen LogP contribution in [0.1, 0.15) is 0 Å². The minimum atomic E-state index is -1.82. The van der Waals surface area contributed by atoms with Crippen molar-refractivity contribution >= 4 is 58.9 Å². The van der Waals surface area contributed by atoms with Gasteiger partial charge in [0, 0.05) is 0 Å². The Hall–Kier alpha value is 0.432. The topological polar surface area (TPSA) is 106 Å². The molecule has 50 valence electrons. The second-order valence-corrected chi connectivity index (χ2v) is 0.610. The molecule has 5 nitrogen and oxygen atoms in total. The summed E-state index contributed by atoms with van der Waals surface area (Å²) < 4.78 is 0. The maximum atomic E-state index is 9.10. The second kappa shape index (κ2) is 11.3. The van der Waals surface area contributed by atoms with E-state index in [-0.39, 0.29) is 52.4 Å². The van der Waals surface area contributed by atoms with E-state index in [9.17, 15) is 0 Å². The first kappa shape index (κ1) is 22.7. The molecule has 0 saturated heterocycles. The van der Waals surface area contributed by atoms with Crippen molar-refractivity contribution in [3.63, 3.8) is 0 Å². The van der Waals surface area contributed by atoms with Gasteiger partial charge in [-0.3, -0.25) is 0 Å². The molecule has 4 N–H and O–H groups in total. The predicted molar refractivity (Wildman–Crippen MR) is 36.0 cm³/mol. The van der Waals surface area contributed by atoms with Gasteiger partial charge >= 0.3 is 41.5 Å². The standard InChI is InChI=1S/C2H2O4.Al.Na.H2O.4H/c3-1(4)2(5)6;;;;;;;/h(H,3,4)(H,5,6);;;1H2;;;;. The number of carboxylic acids is 2. The van der Waals surface area contributed by atoms with Gasteiger partial charge in [-0.1, -0.05) is 0 Å². The summed E-state index contributed by atoms with van der Waals surface area (Å²) in [4.78, 5) is 18.2. The van der Waals surface area contributed by atoms with Crippen LogP contribution in [0.5, 0.6) is 0 Å². The summed E-state index contributed by atoms with van der Waals surface area (Å²) in [5.41, 5.74) is 0. The first-order valence-electron chi connectivity index (χ1n) is 1.11. The second-order valence-electron chi connectivity index (χ2n) is 0.610. The molecular weight excluding hydrogens is 154 g/mol. The monoisotopic (exact) mass is 162 g/mol. The molecule has 0 aromatic carbocycles. The van der Waals surface area contributed by atoms with E-state index in [0.29, 0.717) is 0 Å². The maximum absolute atomic E-state index is 9.10. The third-order valence-electron chi connectivity index (χ3n) is 0.183. The van der Waals surface area contributed by atoms with Crippen LogP contribution >= 0.6 is 0 Å². The van der Waals surface area contributed by atoms with Crippen molar-refractivity contribution in [2.75, 3.05) is 0 Å². The van der Waals surface area contributed by atoms with Crippen molar-refractivity contribution in [1.82, 2.24) is 0 Å². The molecule has 0 spiro atoms. The first-order valence-corrected chi connectivity index (χ1v) is 1.11. The van der Waals surface area contributed by atoms with E-state index in [2.05, 4.69) is 0 Å². The number of carboxylic acid groups (broad SMARTS) is 2. The Kier molecular flexibility index (Phi) is 28.4. The number of hydrogen-bond acceptors (Lipinski definition) is 2. The fourth-order valence-electron chi connectivity index (χ4n) is 0. The zero-order valence-corrected chi connectivity index (χ0v) is 3.21. The molecule has 0 fully saturated rings. The molecular formula is C2H8AlNaO5. The van der Waals surface area contributed by atoms with Crippen molar-refractivity contribution in [3.05, 3.63) is 0 Å². The van der Waals surface area contributed by atoms with Gasteiger partial charge < -0.3 is 15.7 Å². The molecule has 0 bridgehead atoms. The molecule has 0 atom stereocenters. The Morgan fingerprint density at radius 1 is 1.00 bits per heavy atom. The molecule has 0 rings (SSSR count). The molecule has 0 aliphatic heterocycles. The van der Waals surface area contributed by atoms with Crippen molar-refractivity contribution < 1.29 is 25.3 Å². The average molecular weight is 162 g/mol. The molecule has 0 unspecified atom stereocenters. The van der Waals surface area contributed by atoms with E-state index >= 15 is 0 Å². The van der Waals surface area contributed by atoms with Gasteiger partial charge in [0.15, 0.2) is 17.4 Å². The molecule has 0 aromatic heterocycles. The van der Waals surface area contributed by atoms with Crippen LogP contribution < -0.4 is 0 Å². The molecule has 0 amide bonds. The van der Waals surface area contributed by atoms with Gasteiger partial charge in [-0.15, -0.1) is 0 Å². The van der Waals surface area contributed by atoms with Crippen LogP contribution in [-0.2, 0) is 9.59 Å². The predicted octanol–water partition coefficient (Wildman–Crippen LogP) is -3.50. The van der Waals surface area contributed by atoms with Gasteiger partial charge in [0.05, 0.1) is 0 Å². The van der Waals surface area contributed by atoms with Crippen molar-refractivity contribution in [2.45, 2.75) is 0 Å². The van der Waals surface area contributed by atoms with Crippen LogP contribution in [0, 0.1) is 0 Å². The van der Waals surface area contributed by atoms with Gasteiger partial charge in [0.1, 0.15) is 0 Å². The zero-order valence-electron chi connectivity index (χ0n) is 3.21. The Morgan fingerprint density at radius 3 is 1.11 bits per heavy atom. The molecule has 0 aromatic rings. The Labute approximate surface area is 83.8 Å². The van der Waals surface area contributed by atoms with Crippen molar-refractivity contribution in [1.29, 1.82) is 0 Å². The molecule has 0 heterocycles. The van der Waals surface area contributed by atoms with E-state index in [1.165, 1.54) is 0 Å². The first-order chi connectivity index (χ1) is 2.64. The number of aliphatic carboxylic acids is 2. The van der Waals surface area contributed by atoms with E-state index in [1.54, 1.807) is 0 Å². The third kappa shape index (κ3) is 17.8. The van der Waals surface area contributed by atoms with E-state index in [0.717, 1.165) is 0 Å². The van der Waals surface area contributed by atoms with Crippen LogP contribution in [0.15, 0.2) is 0 Å². The summed E-state index contributed by atoms with van der Waals surface area (Å²) in [5.74, 6) is -3.65. The summed E-state index contributed by atoms with van der Waals surface area (Å²) >= 11 is 0. The molecule has 0 saturated carbocycles. The van der Waals surface area contributed by atoms with E-state index in [1.807, 2.05) is 0 Å². The summed E-state index contributed by atoms with van der Waals surface area (Å²) in [6.45, 7) is 0. The third-order valence-corrected chi connectivity index (χ3v) is 0.183. The normalized spacial score (nSPS) is 4.89. The van der Waals surface area contributed by atoms with Crippen LogP contribution in [0.3, 0.4) is 0 Å². The summed E-state index contributed by atoms with van der Waals surface area (Å²) in [6, 6.07) is 0. The average Bonchev–Trinajstić information content (AvgIpc) is 1.36. The number of hydrogen-bond donors (Lipinski definition) is 2. The van der Waals surface area contributed by atoms with Crippen LogP contribution in [0.4, 0.5) is 0 Å². The fourth-order valence-corrected chi connectivity index (χ4v) is 0. The molecule has 0 aliphatic carbocycles. The van der Waals surface area contributed by atoms with E-state index in [4.69, 9.17) is 19.8 Å². The Balaban J connectivity index is -0.0000000417. The number of carbonyl (C=O) groups is 2. The Morgan fingerprint density at radius 2 is 1.11 bits per heavy atom. The summed E-state index contributed by atoms with van der Waals surface area (Å²) in [7, 11) is 0. The van der Waals surface area contributed by atoms with Gasteiger partial charge in [-0.05, 0) is 0 Å². The van der Waals surface area contributed by atoms with Crippen molar-refractivity contribution in [2.24, 2.45) is 0 Å². The summed E-state index contributed by atoms with van der Waals surface area (Å²) in [6.07, 6.45) is 0. The minimum absolute atomic E-state index is 0.